The van der Waals surface area contributed by atoms with Crippen molar-refractivity contribution in [2.24, 2.45) is 0 Å². The lowest BCUT2D eigenvalue weighted by molar-refractivity contribution is -0.898. The molecule has 0 bridgehead atoms. The highest BCUT2D eigenvalue weighted by Crippen LogP contribution is 2.27. The number of methoxy groups -OCH3 is 2. The van der Waals surface area contributed by atoms with Gasteiger partial charge in [0, 0.05) is 12.0 Å². The third kappa shape index (κ3) is 5.39. The molecule has 0 spiro atoms. The van der Waals surface area contributed by atoms with Gasteiger partial charge in [0.1, 0.15) is 6.54 Å². The smallest absolute Gasteiger partial charge is 0.161 e. The van der Waals surface area contributed by atoms with Gasteiger partial charge in [0.05, 0.1) is 40.4 Å². The first-order valence-electron chi connectivity index (χ1n) is 7.61. The fraction of sp³-hybridized carbons (Fsp3) is 0.625. The minimum atomic E-state index is 0.793. The number of nitrogens with two attached hydrogens (primary N) is 1. The lowest BCUT2D eigenvalue weighted by atomic mass is 10.2. The molecule has 1 rings (SSSR count). The zero-order chi connectivity index (χ0) is 14.8. The monoisotopic (exact) mass is 282 g/mol. The SMILES string of the molecule is CC[NH+](CC)CCC[NH2+]Cc1ccc(OC)c(OC)c1. The van der Waals surface area contributed by atoms with E-state index in [9.17, 15) is 0 Å². The molecule has 0 fully saturated rings. The molecule has 0 saturated heterocycles. The molecule has 0 aromatic heterocycles. The number of hydrogen-bond acceptors (Lipinski definition) is 2. The topological polar surface area (TPSA) is 39.5 Å². The van der Waals surface area contributed by atoms with Crippen molar-refractivity contribution in [3.63, 3.8) is 0 Å². The van der Waals surface area contributed by atoms with Crippen molar-refractivity contribution < 1.29 is 19.7 Å². The van der Waals surface area contributed by atoms with Crippen LogP contribution in [-0.2, 0) is 6.54 Å². The fourth-order valence-corrected chi connectivity index (χ4v) is 2.38. The largest absolute Gasteiger partial charge is 0.493 e. The van der Waals surface area contributed by atoms with Crippen LogP contribution in [0.15, 0.2) is 18.2 Å². The maximum absolute atomic E-state index is 5.32. The first kappa shape index (κ1) is 16.8. The first-order valence-corrected chi connectivity index (χ1v) is 7.61. The van der Waals surface area contributed by atoms with Crippen molar-refractivity contribution in [3.05, 3.63) is 23.8 Å². The third-order valence-electron chi connectivity index (χ3n) is 3.77. The lowest BCUT2D eigenvalue weighted by Gasteiger charge is -2.14. The predicted molar refractivity (Wildman–Crippen MR) is 81.6 cm³/mol. The molecule has 20 heavy (non-hydrogen) atoms. The molecule has 114 valence electrons. The van der Waals surface area contributed by atoms with Gasteiger partial charge in [-0.15, -0.1) is 0 Å². The second kappa shape index (κ2) is 9.61. The maximum atomic E-state index is 5.32. The molecule has 1 aromatic rings. The van der Waals surface area contributed by atoms with Crippen LogP contribution in [0.1, 0.15) is 25.8 Å². The highest BCUT2D eigenvalue weighted by molar-refractivity contribution is 5.42. The average Bonchev–Trinajstić information content (AvgIpc) is 2.50. The standard InChI is InChI=1S/C16H28N2O2/c1-5-18(6-2)11-7-10-17-13-14-8-9-15(19-3)16(12-14)20-4/h8-9,12,17H,5-7,10-11,13H2,1-4H3/p+2. The molecule has 0 saturated carbocycles. The quantitative estimate of drug-likeness (QED) is 0.597. The molecule has 0 heterocycles. The van der Waals surface area contributed by atoms with E-state index in [2.05, 4.69) is 31.3 Å². The number of rotatable bonds is 10. The predicted octanol–water partition coefficient (Wildman–Crippen LogP) is 0.0820. The van der Waals surface area contributed by atoms with Crippen LogP contribution in [-0.4, -0.2) is 40.4 Å². The highest BCUT2D eigenvalue weighted by Gasteiger charge is 2.06. The van der Waals surface area contributed by atoms with Gasteiger partial charge in [0.15, 0.2) is 11.5 Å². The molecule has 0 aliphatic carbocycles. The Kier molecular flexibility index (Phi) is 8.07. The van der Waals surface area contributed by atoms with Gasteiger partial charge in [0.2, 0.25) is 0 Å². The van der Waals surface area contributed by atoms with Gasteiger partial charge in [0.25, 0.3) is 0 Å². The van der Waals surface area contributed by atoms with E-state index in [4.69, 9.17) is 9.47 Å². The zero-order valence-electron chi connectivity index (χ0n) is 13.4. The van der Waals surface area contributed by atoms with E-state index in [-0.39, 0.29) is 0 Å². The van der Waals surface area contributed by atoms with E-state index in [1.54, 1.807) is 19.1 Å². The van der Waals surface area contributed by atoms with Crippen LogP contribution < -0.4 is 19.7 Å². The number of ether oxygens (including phenoxy) is 2. The number of hydrogen-bond donors (Lipinski definition) is 2. The summed E-state index contributed by atoms with van der Waals surface area (Å²) in [6, 6.07) is 6.14. The Bertz CT molecular complexity index is 379. The van der Waals surface area contributed by atoms with Gasteiger partial charge in [-0.05, 0) is 32.0 Å². The summed E-state index contributed by atoms with van der Waals surface area (Å²) in [5, 5.41) is 2.37. The molecule has 0 atom stereocenters. The molecule has 0 radical (unpaired) electrons. The van der Waals surface area contributed by atoms with Crippen LogP contribution in [0.5, 0.6) is 11.5 Å². The minimum Gasteiger partial charge on any atom is -0.493 e. The Labute approximate surface area is 123 Å². The second-order valence-electron chi connectivity index (χ2n) is 5.03. The van der Waals surface area contributed by atoms with Gasteiger partial charge < -0.3 is 19.7 Å². The summed E-state index contributed by atoms with van der Waals surface area (Å²) in [4.78, 5) is 1.68. The Balaban J connectivity index is 2.32. The van der Waals surface area contributed by atoms with Gasteiger partial charge in [-0.25, -0.2) is 0 Å². The van der Waals surface area contributed by atoms with Crippen LogP contribution in [0.3, 0.4) is 0 Å². The van der Waals surface area contributed by atoms with Crippen molar-refractivity contribution in [3.8, 4) is 11.5 Å². The van der Waals surface area contributed by atoms with Gasteiger partial charge in [-0.1, -0.05) is 0 Å². The summed E-state index contributed by atoms with van der Waals surface area (Å²) in [6.07, 6.45) is 1.27. The molecule has 4 heteroatoms. The molecule has 1 aromatic carbocycles. The first-order chi connectivity index (χ1) is 9.74. The van der Waals surface area contributed by atoms with E-state index in [1.165, 1.54) is 38.2 Å². The molecule has 0 unspecified atom stereocenters. The van der Waals surface area contributed by atoms with Gasteiger partial charge in [-0.3, -0.25) is 0 Å². The Hall–Kier alpha value is -1.26. The van der Waals surface area contributed by atoms with E-state index >= 15 is 0 Å². The van der Waals surface area contributed by atoms with Crippen LogP contribution in [0.2, 0.25) is 0 Å². The molecule has 0 aliphatic rings. The summed E-state index contributed by atoms with van der Waals surface area (Å²) in [5.74, 6) is 1.60. The zero-order valence-corrected chi connectivity index (χ0v) is 13.4. The summed E-state index contributed by atoms with van der Waals surface area (Å²) in [6.45, 7) is 10.4. The molecule has 3 N–H and O–H groups in total. The number of benzene rings is 1. The van der Waals surface area contributed by atoms with Gasteiger partial charge in [-0.2, -0.15) is 0 Å². The van der Waals surface area contributed by atoms with Crippen molar-refractivity contribution in [2.45, 2.75) is 26.8 Å². The minimum absolute atomic E-state index is 0.793. The van der Waals surface area contributed by atoms with Crippen molar-refractivity contribution >= 4 is 0 Å². The molecular formula is C16H30N2O2+2. The van der Waals surface area contributed by atoms with Crippen molar-refractivity contribution in [2.75, 3.05) is 40.4 Å². The summed E-state index contributed by atoms with van der Waals surface area (Å²) >= 11 is 0. The van der Waals surface area contributed by atoms with Crippen LogP contribution >= 0.6 is 0 Å². The summed E-state index contributed by atoms with van der Waals surface area (Å²) in [7, 11) is 3.34. The molecule has 4 nitrogen and oxygen atoms in total. The Morgan fingerprint density at radius 2 is 1.75 bits per heavy atom. The van der Waals surface area contributed by atoms with Crippen LogP contribution in [0.4, 0.5) is 0 Å². The fourth-order valence-electron chi connectivity index (χ4n) is 2.38. The maximum Gasteiger partial charge on any atom is 0.161 e. The van der Waals surface area contributed by atoms with Crippen LogP contribution in [0.25, 0.3) is 0 Å². The van der Waals surface area contributed by atoms with Crippen molar-refractivity contribution in [1.82, 2.24) is 0 Å². The van der Waals surface area contributed by atoms with E-state index in [0.29, 0.717) is 0 Å². The van der Waals surface area contributed by atoms with E-state index in [0.717, 1.165) is 18.0 Å². The van der Waals surface area contributed by atoms with E-state index in [1.807, 2.05) is 6.07 Å². The number of quaternary nitrogens is 2. The van der Waals surface area contributed by atoms with E-state index < -0.39 is 0 Å². The second-order valence-corrected chi connectivity index (χ2v) is 5.03. The summed E-state index contributed by atoms with van der Waals surface area (Å²) < 4.78 is 10.6. The molecule has 0 aliphatic heterocycles. The Morgan fingerprint density at radius 1 is 1.05 bits per heavy atom. The number of nitrogens with one attached hydrogen (secondary N) is 1. The average molecular weight is 282 g/mol. The Morgan fingerprint density at radius 3 is 2.35 bits per heavy atom. The highest BCUT2D eigenvalue weighted by atomic mass is 16.5. The molecular weight excluding hydrogens is 252 g/mol. The van der Waals surface area contributed by atoms with Crippen LogP contribution in [0, 0.1) is 0 Å². The lowest BCUT2D eigenvalue weighted by Crippen LogP contribution is -3.11. The summed E-state index contributed by atoms with van der Waals surface area (Å²) in [5.41, 5.74) is 1.28. The normalized spacial score (nSPS) is 10.8. The van der Waals surface area contributed by atoms with Crippen molar-refractivity contribution in [1.29, 1.82) is 0 Å². The molecule has 0 amide bonds. The van der Waals surface area contributed by atoms with Gasteiger partial charge >= 0.3 is 0 Å². The third-order valence-corrected chi connectivity index (χ3v) is 3.77.